The molecule has 0 fully saturated rings. The summed E-state index contributed by atoms with van der Waals surface area (Å²) in [5.41, 5.74) is 7.56. The summed E-state index contributed by atoms with van der Waals surface area (Å²) in [6.07, 6.45) is 3.23. The Kier molecular flexibility index (Phi) is 3.28. The summed E-state index contributed by atoms with van der Waals surface area (Å²) in [5.74, 6) is 0.110. The fourth-order valence-corrected chi connectivity index (χ4v) is 2.86. The maximum Gasteiger partial charge on any atom is 0.298 e. The minimum Gasteiger partial charge on any atom is -0.280 e. The predicted octanol–water partition coefficient (Wildman–Crippen LogP) is 2.39. The fraction of sp³-hybridized carbons (Fsp3) is 0. The van der Waals surface area contributed by atoms with E-state index in [-0.39, 0.29) is 5.91 Å². The van der Waals surface area contributed by atoms with Gasteiger partial charge in [0, 0.05) is 6.20 Å². The quantitative estimate of drug-likeness (QED) is 0.563. The third kappa shape index (κ3) is 2.67. The van der Waals surface area contributed by atoms with Gasteiger partial charge >= 0.3 is 0 Å². The van der Waals surface area contributed by atoms with Gasteiger partial charge in [0.05, 0.1) is 17.2 Å². The number of carbonyl (C=O) groups is 1. The number of carbonyl (C=O) groups excluding carboxylic acids is 1. The molecule has 0 aliphatic rings. The number of anilines is 1. The first-order valence-electron chi connectivity index (χ1n) is 6.79. The van der Waals surface area contributed by atoms with E-state index in [4.69, 9.17) is 0 Å². The summed E-state index contributed by atoms with van der Waals surface area (Å²) in [7, 11) is 0. The number of nitrogens with zero attached hydrogens (tertiary/aromatic N) is 4. The molecular formula is C15H10N6OS. The van der Waals surface area contributed by atoms with Crippen molar-refractivity contribution in [2.75, 3.05) is 5.43 Å². The number of hydrogen-bond acceptors (Lipinski definition) is 7. The minimum absolute atomic E-state index is 0.333. The van der Waals surface area contributed by atoms with Gasteiger partial charge in [-0.25, -0.2) is 15.0 Å². The van der Waals surface area contributed by atoms with E-state index in [1.807, 2.05) is 30.3 Å². The molecule has 4 aromatic rings. The monoisotopic (exact) mass is 322 g/mol. The van der Waals surface area contributed by atoms with Crippen molar-refractivity contribution in [3.05, 3.63) is 53.8 Å². The number of aromatic nitrogens is 4. The molecule has 7 nitrogen and oxygen atoms in total. The van der Waals surface area contributed by atoms with Gasteiger partial charge in [-0.3, -0.25) is 20.6 Å². The lowest BCUT2D eigenvalue weighted by Crippen LogP contribution is -2.29. The molecule has 0 aliphatic carbocycles. The molecule has 1 aromatic carbocycles. The molecule has 112 valence electrons. The van der Waals surface area contributed by atoms with Gasteiger partial charge in [-0.05, 0) is 24.3 Å². The van der Waals surface area contributed by atoms with E-state index in [9.17, 15) is 4.79 Å². The molecule has 0 atom stereocenters. The Hall–Kier alpha value is -3.13. The largest absolute Gasteiger partial charge is 0.298 e. The highest BCUT2D eigenvalue weighted by Crippen LogP contribution is 2.19. The van der Waals surface area contributed by atoms with Crippen LogP contribution in [0.1, 0.15) is 9.80 Å². The molecule has 8 heteroatoms. The Bertz CT molecular complexity index is 982. The molecule has 1 amide bonds. The van der Waals surface area contributed by atoms with E-state index >= 15 is 0 Å². The van der Waals surface area contributed by atoms with E-state index in [0.29, 0.717) is 16.3 Å². The molecule has 0 unspecified atom stereocenters. The van der Waals surface area contributed by atoms with Gasteiger partial charge in [-0.2, -0.15) is 0 Å². The van der Waals surface area contributed by atoms with Crippen LogP contribution in [-0.4, -0.2) is 25.8 Å². The standard InChI is InChI=1S/C15H10N6OS/c22-13(15-19-11-6-3-7-16-14(11)23-15)21-20-12-8-17-9-4-1-2-5-10(9)18-12/h1-8H,(H,18,20)(H,21,22). The predicted molar refractivity (Wildman–Crippen MR) is 88.0 cm³/mol. The van der Waals surface area contributed by atoms with Gasteiger partial charge in [0.15, 0.2) is 10.8 Å². The molecule has 0 spiro atoms. The molecule has 4 rings (SSSR count). The maximum absolute atomic E-state index is 12.1. The van der Waals surface area contributed by atoms with Crippen LogP contribution in [0, 0.1) is 0 Å². The van der Waals surface area contributed by atoms with Gasteiger partial charge in [0.2, 0.25) is 0 Å². The average molecular weight is 322 g/mol. The number of amides is 1. The van der Waals surface area contributed by atoms with Crippen LogP contribution in [0.25, 0.3) is 21.4 Å². The topological polar surface area (TPSA) is 92.7 Å². The van der Waals surface area contributed by atoms with Crippen LogP contribution in [0.4, 0.5) is 5.82 Å². The van der Waals surface area contributed by atoms with Crippen molar-refractivity contribution in [3.8, 4) is 0 Å². The zero-order chi connectivity index (χ0) is 15.6. The normalized spacial score (nSPS) is 10.8. The van der Waals surface area contributed by atoms with Crippen molar-refractivity contribution in [1.82, 2.24) is 25.4 Å². The van der Waals surface area contributed by atoms with Crippen molar-refractivity contribution in [2.24, 2.45) is 0 Å². The summed E-state index contributed by atoms with van der Waals surface area (Å²) < 4.78 is 0. The van der Waals surface area contributed by atoms with Gasteiger partial charge in [-0.15, -0.1) is 0 Å². The van der Waals surface area contributed by atoms with E-state index in [1.54, 1.807) is 18.5 Å². The highest BCUT2D eigenvalue weighted by molar-refractivity contribution is 7.19. The second kappa shape index (κ2) is 5.58. The average Bonchev–Trinajstić information content (AvgIpc) is 3.04. The van der Waals surface area contributed by atoms with Crippen LogP contribution in [0.2, 0.25) is 0 Å². The lowest BCUT2D eigenvalue weighted by atomic mass is 10.3. The number of rotatable bonds is 3. The summed E-state index contributed by atoms with van der Waals surface area (Å²) in [6.45, 7) is 0. The zero-order valence-electron chi connectivity index (χ0n) is 11.7. The molecule has 23 heavy (non-hydrogen) atoms. The molecule has 3 heterocycles. The molecule has 3 aromatic heterocycles. The number of hydrogen-bond donors (Lipinski definition) is 2. The second-order valence-electron chi connectivity index (χ2n) is 4.67. The van der Waals surface area contributed by atoms with E-state index in [1.165, 1.54) is 11.3 Å². The van der Waals surface area contributed by atoms with Crippen LogP contribution in [0.15, 0.2) is 48.8 Å². The van der Waals surface area contributed by atoms with Crippen LogP contribution >= 0.6 is 11.3 Å². The Morgan fingerprint density at radius 2 is 1.78 bits per heavy atom. The number of benzene rings is 1. The Morgan fingerprint density at radius 1 is 0.957 bits per heavy atom. The number of thiazole rings is 1. The van der Waals surface area contributed by atoms with Crippen LogP contribution < -0.4 is 10.9 Å². The highest BCUT2D eigenvalue weighted by atomic mass is 32.1. The van der Waals surface area contributed by atoms with Crippen molar-refractivity contribution in [1.29, 1.82) is 0 Å². The second-order valence-corrected chi connectivity index (χ2v) is 5.65. The third-order valence-corrected chi connectivity index (χ3v) is 4.09. The summed E-state index contributed by atoms with van der Waals surface area (Å²) in [5, 5.41) is 0.333. The first-order valence-corrected chi connectivity index (χ1v) is 7.61. The van der Waals surface area contributed by atoms with E-state index < -0.39 is 0 Å². The van der Waals surface area contributed by atoms with Crippen molar-refractivity contribution < 1.29 is 4.79 Å². The van der Waals surface area contributed by atoms with E-state index in [2.05, 4.69) is 30.8 Å². The lowest BCUT2D eigenvalue weighted by molar-refractivity contribution is 0.0962. The zero-order valence-corrected chi connectivity index (χ0v) is 12.5. The number of pyridine rings is 1. The third-order valence-electron chi connectivity index (χ3n) is 3.11. The minimum atomic E-state index is -0.344. The smallest absolute Gasteiger partial charge is 0.280 e. The number of nitrogens with one attached hydrogen (secondary N) is 2. The maximum atomic E-state index is 12.1. The molecular weight excluding hydrogens is 312 g/mol. The van der Waals surface area contributed by atoms with Gasteiger partial charge < -0.3 is 0 Å². The van der Waals surface area contributed by atoms with Crippen LogP contribution in [0.3, 0.4) is 0 Å². The van der Waals surface area contributed by atoms with Gasteiger partial charge in [-0.1, -0.05) is 23.5 Å². The number of hydrazine groups is 1. The van der Waals surface area contributed by atoms with Gasteiger partial charge in [0.1, 0.15) is 10.3 Å². The lowest BCUT2D eigenvalue weighted by Gasteiger charge is -2.06. The Labute approximate surface area is 134 Å². The van der Waals surface area contributed by atoms with Crippen molar-refractivity contribution in [3.63, 3.8) is 0 Å². The SMILES string of the molecule is O=C(NNc1cnc2ccccc2n1)c1nc2cccnc2s1. The molecule has 2 N–H and O–H groups in total. The van der Waals surface area contributed by atoms with Crippen molar-refractivity contribution >= 4 is 44.4 Å². The number of para-hydroxylation sites is 2. The Morgan fingerprint density at radius 3 is 2.65 bits per heavy atom. The molecule has 0 aliphatic heterocycles. The molecule has 0 saturated carbocycles. The first kappa shape index (κ1) is 13.5. The van der Waals surface area contributed by atoms with Crippen molar-refractivity contribution in [2.45, 2.75) is 0 Å². The van der Waals surface area contributed by atoms with Crippen LogP contribution in [-0.2, 0) is 0 Å². The Balaban J connectivity index is 1.51. The fourth-order valence-electron chi connectivity index (χ4n) is 2.06. The molecule has 0 bridgehead atoms. The van der Waals surface area contributed by atoms with Crippen LogP contribution in [0.5, 0.6) is 0 Å². The summed E-state index contributed by atoms with van der Waals surface area (Å²) >= 11 is 1.23. The highest BCUT2D eigenvalue weighted by Gasteiger charge is 2.12. The summed E-state index contributed by atoms with van der Waals surface area (Å²) in [4.78, 5) is 29.9. The summed E-state index contributed by atoms with van der Waals surface area (Å²) in [6, 6.07) is 11.1. The first-order chi connectivity index (χ1) is 11.3. The van der Waals surface area contributed by atoms with E-state index in [0.717, 1.165) is 15.9 Å². The molecule has 0 saturated heterocycles. The molecule has 0 radical (unpaired) electrons. The van der Waals surface area contributed by atoms with Gasteiger partial charge in [0.25, 0.3) is 5.91 Å². The number of fused-ring (bicyclic) bond motifs is 2.